The highest BCUT2D eigenvalue weighted by molar-refractivity contribution is 9.10. The summed E-state index contributed by atoms with van der Waals surface area (Å²) in [5.41, 5.74) is 1.36. The normalized spacial score (nSPS) is 10.8. The Morgan fingerprint density at radius 2 is 2.17 bits per heavy atom. The molecule has 0 atom stereocenters. The zero-order valence-electron chi connectivity index (χ0n) is 6.18. The fraction of sp³-hybridized carbons (Fsp3) is 0.111. The Morgan fingerprint density at radius 3 is 2.92 bits per heavy atom. The van der Waals surface area contributed by atoms with Gasteiger partial charge in [-0.1, -0.05) is 31.9 Å². The second-order valence-electron chi connectivity index (χ2n) is 2.54. The molecule has 12 heavy (non-hydrogen) atoms. The van der Waals surface area contributed by atoms with Gasteiger partial charge in [-0.25, -0.2) is 0 Å². The van der Waals surface area contributed by atoms with E-state index in [1.807, 2.05) is 0 Å². The summed E-state index contributed by atoms with van der Waals surface area (Å²) < 4.78 is 2.54. The molecule has 2 aromatic rings. The summed E-state index contributed by atoms with van der Waals surface area (Å²) in [5.74, 6) is 0. The Hall–Kier alpha value is 0.140. The maximum Gasteiger partial charge on any atom is 0.0384 e. The number of thiophene rings is 1. The van der Waals surface area contributed by atoms with Crippen molar-refractivity contribution in [2.45, 2.75) is 5.33 Å². The minimum atomic E-state index is 0.920. The second kappa shape index (κ2) is 3.48. The van der Waals surface area contributed by atoms with Crippen molar-refractivity contribution >= 4 is 53.3 Å². The van der Waals surface area contributed by atoms with E-state index in [-0.39, 0.29) is 0 Å². The fourth-order valence-corrected chi connectivity index (χ4v) is 3.26. The lowest BCUT2D eigenvalue weighted by Gasteiger charge is -1.98. The van der Waals surface area contributed by atoms with Gasteiger partial charge in [0.25, 0.3) is 0 Å². The van der Waals surface area contributed by atoms with E-state index in [2.05, 4.69) is 55.4 Å². The van der Waals surface area contributed by atoms with E-state index in [9.17, 15) is 0 Å². The summed E-state index contributed by atoms with van der Waals surface area (Å²) in [6.07, 6.45) is 0. The Labute approximate surface area is 91.9 Å². The highest BCUT2D eigenvalue weighted by Crippen LogP contribution is 2.29. The number of hydrogen-bond acceptors (Lipinski definition) is 1. The average molecular weight is 306 g/mol. The zero-order valence-corrected chi connectivity index (χ0v) is 10.2. The molecule has 3 heteroatoms. The van der Waals surface area contributed by atoms with Crippen molar-refractivity contribution in [3.63, 3.8) is 0 Å². The summed E-state index contributed by atoms with van der Waals surface area (Å²) in [7, 11) is 0. The van der Waals surface area contributed by atoms with E-state index in [1.165, 1.54) is 15.6 Å². The Morgan fingerprint density at radius 1 is 1.33 bits per heavy atom. The minimum absolute atomic E-state index is 0.920. The third-order valence-corrected chi connectivity index (χ3v) is 3.80. The molecule has 0 amide bonds. The molecule has 0 saturated carbocycles. The van der Waals surface area contributed by atoms with Crippen LogP contribution in [0, 0.1) is 0 Å². The van der Waals surface area contributed by atoms with Crippen LogP contribution < -0.4 is 0 Å². The number of rotatable bonds is 1. The number of alkyl halides is 1. The maximum atomic E-state index is 3.49. The molecule has 1 heterocycles. The van der Waals surface area contributed by atoms with Crippen LogP contribution in [0.15, 0.2) is 28.1 Å². The molecule has 2 rings (SSSR count). The van der Waals surface area contributed by atoms with E-state index < -0.39 is 0 Å². The van der Waals surface area contributed by atoms with Gasteiger partial charge >= 0.3 is 0 Å². The van der Waals surface area contributed by atoms with Gasteiger partial charge in [0.1, 0.15) is 0 Å². The van der Waals surface area contributed by atoms with E-state index >= 15 is 0 Å². The molecule has 0 spiro atoms. The van der Waals surface area contributed by atoms with Crippen molar-refractivity contribution in [1.82, 2.24) is 0 Å². The fourth-order valence-electron chi connectivity index (χ4n) is 1.22. The first-order valence-corrected chi connectivity index (χ1v) is 6.32. The molecule has 1 aromatic heterocycles. The molecule has 1 aromatic carbocycles. The molecule has 0 saturated heterocycles. The van der Waals surface area contributed by atoms with Gasteiger partial charge in [0, 0.05) is 14.5 Å². The first-order chi connectivity index (χ1) is 5.81. The van der Waals surface area contributed by atoms with Crippen LogP contribution in [0.4, 0.5) is 0 Å². The summed E-state index contributed by atoms with van der Waals surface area (Å²) >= 11 is 8.77. The Kier molecular flexibility index (Phi) is 2.53. The number of benzene rings is 1. The first-order valence-electron chi connectivity index (χ1n) is 3.53. The summed E-state index contributed by atoms with van der Waals surface area (Å²) in [5, 5.41) is 4.37. The molecular formula is C9H6Br2S. The van der Waals surface area contributed by atoms with Crippen LogP contribution in [0.25, 0.3) is 10.1 Å². The van der Waals surface area contributed by atoms with Gasteiger partial charge in [-0.3, -0.25) is 0 Å². The molecule has 62 valence electrons. The lowest BCUT2D eigenvalue weighted by Crippen LogP contribution is -1.77. The van der Waals surface area contributed by atoms with Crippen LogP contribution in [0.2, 0.25) is 0 Å². The SMILES string of the molecule is BrCc1cc(Br)cc2ccsc12. The van der Waals surface area contributed by atoms with Crippen LogP contribution >= 0.6 is 43.2 Å². The highest BCUT2D eigenvalue weighted by atomic mass is 79.9. The zero-order chi connectivity index (χ0) is 8.55. The van der Waals surface area contributed by atoms with Gasteiger partial charge < -0.3 is 0 Å². The van der Waals surface area contributed by atoms with Gasteiger partial charge in [0.05, 0.1) is 0 Å². The van der Waals surface area contributed by atoms with E-state index in [1.54, 1.807) is 11.3 Å². The van der Waals surface area contributed by atoms with Crippen LogP contribution in [-0.2, 0) is 5.33 Å². The molecule has 0 nitrogen and oxygen atoms in total. The van der Waals surface area contributed by atoms with Crippen LogP contribution in [0.3, 0.4) is 0 Å². The van der Waals surface area contributed by atoms with Crippen LogP contribution in [0.1, 0.15) is 5.56 Å². The molecule has 0 aliphatic rings. The minimum Gasteiger partial charge on any atom is -0.143 e. The molecule has 0 fully saturated rings. The topological polar surface area (TPSA) is 0 Å². The first kappa shape index (κ1) is 8.73. The van der Waals surface area contributed by atoms with E-state index in [0.29, 0.717) is 0 Å². The van der Waals surface area contributed by atoms with Gasteiger partial charge in [0.15, 0.2) is 0 Å². The van der Waals surface area contributed by atoms with Gasteiger partial charge in [-0.2, -0.15) is 0 Å². The highest BCUT2D eigenvalue weighted by Gasteiger charge is 2.02. The predicted octanol–water partition coefficient (Wildman–Crippen LogP) is 4.56. The smallest absolute Gasteiger partial charge is 0.0384 e. The van der Waals surface area contributed by atoms with Crippen molar-refractivity contribution in [3.8, 4) is 0 Å². The average Bonchev–Trinajstić information content (AvgIpc) is 2.50. The van der Waals surface area contributed by atoms with Crippen molar-refractivity contribution in [2.75, 3.05) is 0 Å². The molecule has 0 aliphatic carbocycles. The molecule has 0 unspecified atom stereocenters. The summed E-state index contributed by atoms with van der Waals surface area (Å²) in [6, 6.07) is 6.46. The van der Waals surface area contributed by atoms with Gasteiger partial charge in [0.2, 0.25) is 0 Å². The monoisotopic (exact) mass is 304 g/mol. The molecular weight excluding hydrogens is 300 g/mol. The Bertz CT molecular complexity index is 406. The molecule has 0 aliphatic heterocycles. The molecule has 0 N–H and O–H groups in total. The Balaban J connectivity index is 2.80. The van der Waals surface area contributed by atoms with E-state index in [4.69, 9.17) is 0 Å². The lowest BCUT2D eigenvalue weighted by atomic mass is 10.2. The lowest BCUT2D eigenvalue weighted by molar-refractivity contribution is 1.49. The predicted molar refractivity (Wildman–Crippen MR) is 62.2 cm³/mol. The van der Waals surface area contributed by atoms with Crippen LogP contribution in [0.5, 0.6) is 0 Å². The number of fused-ring (bicyclic) bond motifs is 1. The quantitative estimate of drug-likeness (QED) is 0.678. The standard InChI is InChI=1S/C9H6Br2S/c10-5-7-4-8(11)3-6-1-2-12-9(6)7/h1-4H,5H2. The second-order valence-corrected chi connectivity index (χ2v) is 4.93. The van der Waals surface area contributed by atoms with Crippen molar-refractivity contribution in [2.24, 2.45) is 0 Å². The van der Waals surface area contributed by atoms with Crippen molar-refractivity contribution in [3.05, 3.63) is 33.6 Å². The van der Waals surface area contributed by atoms with Crippen molar-refractivity contribution < 1.29 is 0 Å². The summed E-state index contributed by atoms with van der Waals surface area (Å²) in [6.45, 7) is 0. The van der Waals surface area contributed by atoms with E-state index in [0.717, 1.165) is 9.80 Å². The van der Waals surface area contributed by atoms with Gasteiger partial charge in [-0.05, 0) is 34.5 Å². The largest absolute Gasteiger partial charge is 0.143 e. The number of hydrogen-bond donors (Lipinski definition) is 0. The third kappa shape index (κ3) is 1.45. The van der Waals surface area contributed by atoms with Crippen molar-refractivity contribution in [1.29, 1.82) is 0 Å². The van der Waals surface area contributed by atoms with Crippen LogP contribution in [-0.4, -0.2) is 0 Å². The molecule has 0 radical (unpaired) electrons. The number of halogens is 2. The third-order valence-electron chi connectivity index (χ3n) is 1.74. The molecule has 0 bridgehead atoms. The summed E-state index contributed by atoms with van der Waals surface area (Å²) in [4.78, 5) is 0. The van der Waals surface area contributed by atoms with Gasteiger partial charge in [-0.15, -0.1) is 11.3 Å². The maximum absolute atomic E-state index is 3.49.